The SMILES string of the molecule is CCCCCCCCCCCC/C=C/CC(=O)O[C@H](CO)COP(=O)([O-])OC[C@@H](O)CO. The van der Waals surface area contributed by atoms with Crippen molar-refractivity contribution in [3.05, 3.63) is 12.2 Å². The number of ether oxygens (including phenoxy) is 1. The number of phosphoric acid groups is 1. The number of allylic oxidation sites excluding steroid dienone is 1. The fourth-order valence-corrected chi connectivity index (χ4v) is 3.62. The zero-order valence-corrected chi connectivity index (χ0v) is 20.3. The van der Waals surface area contributed by atoms with E-state index < -0.39 is 52.4 Å². The Bertz CT molecular complexity index is 528. The third-order valence-electron chi connectivity index (χ3n) is 4.73. The van der Waals surface area contributed by atoms with Crippen LogP contribution in [-0.2, 0) is 23.1 Å². The Kier molecular flexibility index (Phi) is 20.3. The van der Waals surface area contributed by atoms with Crippen LogP contribution in [0.1, 0.15) is 84.0 Å². The van der Waals surface area contributed by atoms with E-state index in [0.29, 0.717) is 0 Å². The van der Waals surface area contributed by atoms with Gasteiger partial charge in [0.1, 0.15) is 12.2 Å². The van der Waals surface area contributed by atoms with Gasteiger partial charge in [-0.25, -0.2) is 0 Å². The normalized spacial score (nSPS) is 15.5. The Morgan fingerprint density at radius 2 is 1.47 bits per heavy atom. The molecule has 0 rings (SSSR count). The molecule has 0 aliphatic carbocycles. The highest BCUT2D eigenvalue weighted by Crippen LogP contribution is 2.38. The predicted molar refractivity (Wildman–Crippen MR) is 120 cm³/mol. The highest BCUT2D eigenvalue weighted by atomic mass is 31.2. The van der Waals surface area contributed by atoms with Crippen LogP contribution in [0.5, 0.6) is 0 Å². The Labute approximate surface area is 192 Å². The summed E-state index contributed by atoms with van der Waals surface area (Å²) in [6.07, 6.45) is 14.7. The quantitative estimate of drug-likeness (QED) is 0.0919. The van der Waals surface area contributed by atoms with Crippen molar-refractivity contribution < 1.29 is 43.4 Å². The van der Waals surface area contributed by atoms with E-state index in [-0.39, 0.29) is 6.42 Å². The van der Waals surface area contributed by atoms with Crippen LogP contribution in [-0.4, -0.2) is 59.9 Å². The molecule has 0 spiro atoms. The van der Waals surface area contributed by atoms with Crippen LogP contribution < -0.4 is 4.89 Å². The molecule has 0 bridgehead atoms. The first-order valence-electron chi connectivity index (χ1n) is 11.7. The number of hydrogen-bond acceptors (Lipinski definition) is 9. The van der Waals surface area contributed by atoms with Crippen LogP contribution in [0.4, 0.5) is 0 Å². The number of aliphatic hydroxyl groups excluding tert-OH is 3. The maximum atomic E-state index is 11.8. The van der Waals surface area contributed by atoms with Crippen molar-refractivity contribution in [2.45, 2.75) is 96.2 Å². The fourth-order valence-electron chi connectivity index (χ4n) is 2.85. The average molecular weight is 482 g/mol. The minimum atomic E-state index is -4.76. The van der Waals surface area contributed by atoms with E-state index >= 15 is 0 Å². The minimum absolute atomic E-state index is 0.0164. The van der Waals surface area contributed by atoms with Gasteiger partial charge in [-0.15, -0.1) is 0 Å². The van der Waals surface area contributed by atoms with E-state index in [0.717, 1.165) is 12.8 Å². The molecule has 0 heterocycles. The summed E-state index contributed by atoms with van der Waals surface area (Å²) in [5.41, 5.74) is 0. The summed E-state index contributed by atoms with van der Waals surface area (Å²) in [6.45, 7) is -0.329. The minimum Gasteiger partial charge on any atom is -0.756 e. The van der Waals surface area contributed by atoms with Crippen LogP contribution in [0.3, 0.4) is 0 Å². The number of rotatable bonds is 22. The van der Waals surface area contributed by atoms with Gasteiger partial charge in [0.2, 0.25) is 0 Å². The summed E-state index contributed by atoms with van der Waals surface area (Å²) in [5.74, 6) is -0.607. The van der Waals surface area contributed by atoms with Gasteiger partial charge in [-0.2, -0.15) is 0 Å². The van der Waals surface area contributed by atoms with Crippen molar-refractivity contribution >= 4 is 13.8 Å². The molecule has 32 heavy (non-hydrogen) atoms. The molecular weight excluding hydrogens is 439 g/mol. The molecule has 9 nitrogen and oxygen atoms in total. The number of phosphoric ester groups is 1. The highest BCUT2D eigenvalue weighted by molar-refractivity contribution is 7.45. The van der Waals surface area contributed by atoms with Crippen molar-refractivity contribution in [1.29, 1.82) is 0 Å². The Morgan fingerprint density at radius 1 is 0.906 bits per heavy atom. The van der Waals surface area contributed by atoms with E-state index in [1.165, 1.54) is 57.8 Å². The first-order chi connectivity index (χ1) is 15.3. The lowest BCUT2D eigenvalue weighted by Gasteiger charge is -2.25. The van der Waals surface area contributed by atoms with Crippen molar-refractivity contribution in [1.82, 2.24) is 0 Å². The summed E-state index contributed by atoms with van der Waals surface area (Å²) in [5, 5.41) is 26.9. The molecule has 0 aromatic rings. The second-order valence-electron chi connectivity index (χ2n) is 7.82. The van der Waals surface area contributed by atoms with Crippen molar-refractivity contribution in [3.63, 3.8) is 0 Å². The lowest BCUT2D eigenvalue weighted by atomic mass is 10.1. The van der Waals surface area contributed by atoms with Crippen LogP contribution in [0.2, 0.25) is 0 Å². The molecule has 0 aromatic heterocycles. The van der Waals surface area contributed by atoms with Gasteiger partial charge in [-0.1, -0.05) is 76.9 Å². The molecule has 0 saturated carbocycles. The van der Waals surface area contributed by atoms with Gasteiger partial charge in [0.25, 0.3) is 7.82 Å². The molecule has 1 unspecified atom stereocenters. The first kappa shape index (κ1) is 31.2. The molecule has 0 aliphatic rings. The van der Waals surface area contributed by atoms with Gasteiger partial charge in [0.15, 0.2) is 0 Å². The van der Waals surface area contributed by atoms with Gasteiger partial charge in [-0.05, 0) is 12.8 Å². The lowest BCUT2D eigenvalue weighted by molar-refractivity contribution is -0.230. The molecule has 0 aromatic carbocycles. The number of carbonyl (C=O) groups is 1. The molecule has 0 aliphatic heterocycles. The van der Waals surface area contributed by atoms with Gasteiger partial charge >= 0.3 is 5.97 Å². The summed E-state index contributed by atoms with van der Waals surface area (Å²) >= 11 is 0. The standard InChI is InChI=1S/C22H43O9P/c1-2-3-4-5-6-7-8-9-10-11-12-13-14-15-22(26)31-21(17-24)19-30-32(27,28)29-18-20(25)16-23/h13-14,20-21,23-25H,2-12,15-19H2,1H3,(H,27,28)/p-1/b14-13+/t20-,21+/m0/s1. The second-order valence-corrected chi connectivity index (χ2v) is 9.23. The van der Waals surface area contributed by atoms with E-state index in [9.17, 15) is 19.4 Å². The molecule has 0 radical (unpaired) electrons. The fraction of sp³-hybridized carbons (Fsp3) is 0.864. The number of carbonyl (C=O) groups excluding carboxylic acids is 1. The van der Waals surface area contributed by atoms with E-state index in [1.807, 2.05) is 6.08 Å². The third-order valence-corrected chi connectivity index (χ3v) is 5.66. The Hall–Kier alpha value is -0.800. The lowest BCUT2D eigenvalue weighted by Crippen LogP contribution is -2.28. The maximum absolute atomic E-state index is 11.8. The van der Waals surface area contributed by atoms with Crippen LogP contribution >= 0.6 is 7.82 Å². The van der Waals surface area contributed by atoms with E-state index in [2.05, 4.69) is 16.0 Å². The molecule has 10 heteroatoms. The highest BCUT2D eigenvalue weighted by Gasteiger charge is 2.18. The molecular formula is C22H42O9P-. The third kappa shape index (κ3) is 19.9. The number of esters is 1. The summed E-state index contributed by atoms with van der Waals surface area (Å²) in [6, 6.07) is 0. The zero-order valence-electron chi connectivity index (χ0n) is 19.4. The first-order valence-corrected chi connectivity index (χ1v) is 13.1. The van der Waals surface area contributed by atoms with Crippen molar-refractivity contribution in [3.8, 4) is 0 Å². The molecule has 3 N–H and O–H groups in total. The van der Waals surface area contributed by atoms with Crippen LogP contribution in [0.15, 0.2) is 12.2 Å². The number of unbranched alkanes of at least 4 members (excludes halogenated alkanes) is 10. The number of hydrogen-bond donors (Lipinski definition) is 3. The molecule has 190 valence electrons. The van der Waals surface area contributed by atoms with E-state index in [4.69, 9.17) is 14.9 Å². The summed E-state index contributed by atoms with van der Waals surface area (Å²) < 4.78 is 25.4. The average Bonchev–Trinajstić information content (AvgIpc) is 2.78. The van der Waals surface area contributed by atoms with Gasteiger partial charge in [-0.3, -0.25) is 9.36 Å². The van der Waals surface area contributed by atoms with Crippen molar-refractivity contribution in [2.75, 3.05) is 26.4 Å². The zero-order chi connectivity index (χ0) is 24.1. The molecule has 0 saturated heterocycles. The Balaban J connectivity index is 3.82. The topological polar surface area (TPSA) is 146 Å². The molecule has 0 fully saturated rings. The largest absolute Gasteiger partial charge is 0.756 e. The van der Waals surface area contributed by atoms with Gasteiger partial charge in [0, 0.05) is 0 Å². The second kappa shape index (κ2) is 20.8. The van der Waals surface area contributed by atoms with Crippen LogP contribution in [0.25, 0.3) is 0 Å². The van der Waals surface area contributed by atoms with Gasteiger partial charge in [0.05, 0.1) is 32.8 Å². The Morgan fingerprint density at radius 3 is 2.03 bits per heavy atom. The smallest absolute Gasteiger partial charge is 0.310 e. The predicted octanol–water partition coefficient (Wildman–Crippen LogP) is 3.00. The van der Waals surface area contributed by atoms with Crippen molar-refractivity contribution in [2.24, 2.45) is 0 Å². The maximum Gasteiger partial charge on any atom is 0.310 e. The molecule has 3 atom stereocenters. The molecule has 0 amide bonds. The van der Waals surface area contributed by atoms with E-state index in [1.54, 1.807) is 6.08 Å². The van der Waals surface area contributed by atoms with Crippen LogP contribution in [0, 0.1) is 0 Å². The summed E-state index contributed by atoms with van der Waals surface area (Å²) in [4.78, 5) is 23.3. The number of aliphatic hydroxyl groups is 3. The van der Waals surface area contributed by atoms with Gasteiger partial charge < -0.3 is 34.0 Å². The monoisotopic (exact) mass is 481 g/mol. The summed E-state index contributed by atoms with van der Waals surface area (Å²) in [7, 11) is -4.76.